The average molecular weight is 454 g/mol. The number of nitrogens with two attached hydrogens (primary N) is 1. The van der Waals surface area contributed by atoms with E-state index in [2.05, 4.69) is 26.2 Å². The summed E-state index contributed by atoms with van der Waals surface area (Å²) >= 11 is 3.31. The summed E-state index contributed by atoms with van der Waals surface area (Å²) in [5.74, 6) is 0.668. The van der Waals surface area contributed by atoms with E-state index in [1.807, 2.05) is 41.1 Å². The van der Waals surface area contributed by atoms with Gasteiger partial charge in [-0.2, -0.15) is 0 Å². The number of halogens is 1. The normalized spacial score (nSPS) is 22.5. The number of fused-ring (bicyclic) bond motifs is 2. The van der Waals surface area contributed by atoms with E-state index < -0.39 is 6.04 Å². The maximum Gasteiger partial charge on any atom is 0.248 e. The minimum Gasteiger partial charge on any atom is -0.398 e. The Morgan fingerprint density at radius 1 is 1.17 bits per heavy atom. The lowest BCUT2D eigenvalue weighted by Crippen LogP contribution is -2.46. The third-order valence-electron chi connectivity index (χ3n) is 5.81. The van der Waals surface area contributed by atoms with Gasteiger partial charge in [-0.1, -0.05) is 12.1 Å². The first-order valence-corrected chi connectivity index (χ1v) is 10.4. The summed E-state index contributed by atoms with van der Waals surface area (Å²) in [6.07, 6.45) is 3.56. The predicted molar refractivity (Wildman–Crippen MR) is 114 cm³/mol. The van der Waals surface area contributed by atoms with E-state index in [0.29, 0.717) is 28.4 Å². The monoisotopic (exact) mass is 453 g/mol. The SMILES string of the molecule is Nc1cccc2c1ccn2CC(=O)N1C2C[C@@H]2C[C@H]1C(=O)Nc1cccc(Br)n1. The van der Waals surface area contributed by atoms with E-state index in [1.165, 1.54) is 0 Å². The first-order chi connectivity index (χ1) is 14.0. The fourth-order valence-corrected chi connectivity index (χ4v) is 4.69. The molecule has 5 rings (SSSR count). The van der Waals surface area contributed by atoms with Gasteiger partial charge in [-0.05, 0) is 65.0 Å². The van der Waals surface area contributed by atoms with Crippen LogP contribution in [0.1, 0.15) is 12.8 Å². The predicted octanol–water partition coefficient (Wildman–Crippen LogP) is 3.01. The van der Waals surface area contributed by atoms with Crippen molar-refractivity contribution in [3.8, 4) is 0 Å². The number of piperidine rings is 1. The van der Waals surface area contributed by atoms with Crippen molar-refractivity contribution in [2.75, 3.05) is 11.1 Å². The second-order valence-corrected chi connectivity index (χ2v) is 8.49. The standard InChI is InChI=1S/C21H20BrN5O2/c22-18-5-2-6-19(24-18)25-21(29)17-10-12-9-16(12)27(17)20(28)11-26-8-7-13-14(23)3-1-4-15(13)26/h1-8,12,16-17H,9-11,23H2,(H,24,25,29)/t12-,16?,17+/m1/s1. The summed E-state index contributed by atoms with van der Waals surface area (Å²) in [6, 6.07) is 12.7. The van der Waals surface area contributed by atoms with Crippen LogP contribution in [0.5, 0.6) is 0 Å². The van der Waals surface area contributed by atoms with Gasteiger partial charge in [0, 0.05) is 23.3 Å². The Bertz CT molecular complexity index is 1130. The number of aromatic nitrogens is 2. The smallest absolute Gasteiger partial charge is 0.248 e. The summed E-state index contributed by atoms with van der Waals surface area (Å²) in [4.78, 5) is 32.1. The van der Waals surface area contributed by atoms with Gasteiger partial charge < -0.3 is 20.5 Å². The molecule has 2 aromatic heterocycles. The molecule has 2 amide bonds. The molecular formula is C21H20BrN5O2. The topological polar surface area (TPSA) is 93.2 Å². The quantitative estimate of drug-likeness (QED) is 0.468. The molecule has 1 aliphatic heterocycles. The van der Waals surface area contributed by atoms with Crippen LogP contribution in [0, 0.1) is 5.92 Å². The van der Waals surface area contributed by atoms with Crippen LogP contribution in [0.4, 0.5) is 11.5 Å². The lowest BCUT2D eigenvalue weighted by molar-refractivity contribution is -0.138. The molecule has 3 atom stereocenters. The molecule has 1 saturated carbocycles. The molecule has 1 aliphatic carbocycles. The minimum atomic E-state index is -0.459. The van der Waals surface area contributed by atoms with Gasteiger partial charge in [0.25, 0.3) is 0 Å². The maximum atomic E-state index is 13.2. The van der Waals surface area contributed by atoms with Crippen molar-refractivity contribution in [2.24, 2.45) is 5.92 Å². The van der Waals surface area contributed by atoms with E-state index >= 15 is 0 Å². The highest BCUT2D eigenvalue weighted by atomic mass is 79.9. The number of likely N-dealkylation sites (tertiary alicyclic amines) is 1. The van der Waals surface area contributed by atoms with Crippen molar-refractivity contribution >= 4 is 50.2 Å². The van der Waals surface area contributed by atoms with Gasteiger partial charge in [0.2, 0.25) is 11.8 Å². The summed E-state index contributed by atoms with van der Waals surface area (Å²) in [5, 5.41) is 3.78. The van der Waals surface area contributed by atoms with E-state index in [-0.39, 0.29) is 24.4 Å². The molecule has 3 aromatic rings. The highest BCUT2D eigenvalue weighted by Gasteiger charge is 2.55. The molecule has 2 fully saturated rings. The summed E-state index contributed by atoms with van der Waals surface area (Å²) < 4.78 is 2.55. The molecule has 29 heavy (non-hydrogen) atoms. The molecule has 0 spiro atoms. The Labute approximate surface area is 176 Å². The third-order valence-corrected chi connectivity index (χ3v) is 6.26. The summed E-state index contributed by atoms with van der Waals surface area (Å²) in [6.45, 7) is 0.190. The largest absolute Gasteiger partial charge is 0.398 e. The highest BCUT2D eigenvalue weighted by molar-refractivity contribution is 9.10. The number of carbonyl (C=O) groups excluding carboxylic acids is 2. The second kappa shape index (κ2) is 6.88. The number of rotatable bonds is 4. The number of nitrogen functional groups attached to an aromatic ring is 1. The number of amides is 2. The summed E-state index contributed by atoms with van der Waals surface area (Å²) in [5.41, 5.74) is 7.64. The Kier molecular flexibility index (Phi) is 4.31. The first kappa shape index (κ1) is 18.2. The zero-order valence-electron chi connectivity index (χ0n) is 15.6. The van der Waals surface area contributed by atoms with E-state index in [4.69, 9.17) is 5.73 Å². The Balaban J connectivity index is 1.35. The number of nitrogens with zero attached hydrogens (tertiary/aromatic N) is 3. The lowest BCUT2D eigenvalue weighted by atomic mass is 10.1. The molecule has 2 aliphatic rings. The minimum absolute atomic E-state index is 0.0442. The van der Waals surface area contributed by atoms with Crippen LogP contribution in [0.2, 0.25) is 0 Å². The lowest BCUT2D eigenvalue weighted by Gasteiger charge is -2.27. The van der Waals surface area contributed by atoms with Gasteiger partial charge in [0.05, 0.1) is 5.52 Å². The van der Waals surface area contributed by atoms with E-state index in [0.717, 1.165) is 17.3 Å². The van der Waals surface area contributed by atoms with Crippen molar-refractivity contribution < 1.29 is 9.59 Å². The number of hydrogen-bond acceptors (Lipinski definition) is 4. The molecule has 3 N–H and O–H groups in total. The number of anilines is 2. The van der Waals surface area contributed by atoms with E-state index in [1.54, 1.807) is 17.0 Å². The zero-order chi connectivity index (χ0) is 20.1. The Morgan fingerprint density at radius 3 is 2.83 bits per heavy atom. The van der Waals surface area contributed by atoms with Gasteiger partial charge in [0.1, 0.15) is 23.0 Å². The highest BCUT2D eigenvalue weighted by Crippen LogP contribution is 2.48. The van der Waals surface area contributed by atoms with Crippen molar-refractivity contribution in [1.82, 2.24) is 14.5 Å². The molecule has 0 bridgehead atoms. The number of hydrogen-bond donors (Lipinski definition) is 2. The molecule has 1 unspecified atom stereocenters. The fraction of sp³-hybridized carbons (Fsp3) is 0.286. The molecular weight excluding hydrogens is 434 g/mol. The van der Waals surface area contributed by atoms with Crippen LogP contribution >= 0.6 is 15.9 Å². The number of carbonyl (C=O) groups is 2. The first-order valence-electron chi connectivity index (χ1n) is 9.59. The molecule has 148 valence electrons. The molecule has 0 radical (unpaired) electrons. The fourth-order valence-electron chi connectivity index (χ4n) is 4.35. The van der Waals surface area contributed by atoms with Crippen molar-refractivity contribution in [3.63, 3.8) is 0 Å². The van der Waals surface area contributed by atoms with Gasteiger partial charge in [-0.25, -0.2) is 4.98 Å². The van der Waals surface area contributed by atoms with E-state index in [9.17, 15) is 9.59 Å². The third kappa shape index (κ3) is 3.27. The Morgan fingerprint density at radius 2 is 2.00 bits per heavy atom. The van der Waals surface area contributed by atoms with Crippen LogP contribution in [0.15, 0.2) is 53.3 Å². The van der Waals surface area contributed by atoms with Crippen LogP contribution < -0.4 is 11.1 Å². The Hall–Kier alpha value is -2.87. The maximum absolute atomic E-state index is 13.2. The molecule has 7 nitrogen and oxygen atoms in total. The number of benzene rings is 1. The number of pyridine rings is 1. The van der Waals surface area contributed by atoms with Crippen LogP contribution in [0.25, 0.3) is 10.9 Å². The van der Waals surface area contributed by atoms with Crippen LogP contribution in [0.3, 0.4) is 0 Å². The molecule has 1 saturated heterocycles. The zero-order valence-corrected chi connectivity index (χ0v) is 17.2. The molecule has 3 heterocycles. The number of nitrogens with one attached hydrogen (secondary N) is 1. The molecule has 8 heteroatoms. The van der Waals surface area contributed by atoms with Crippen LogP contribution in [-0.4, -0.2) is 38.3 Å². The molecule has 1 aromatic carbocycles. The average Bonchev–Trinajstić information content (AvgIpc) is 3.15. The summed E-state index contributed by atoms with van der Waals surface area (Å²) in [7, 11) is 0. The van der Waals surface area contributed by atoms with Crippen molar-refractivity contribution in [3.05, 3.63) is 53.3 Å². The van der Waals surface area contributed by atoms with Gasteiger partial charge in [-0.15, -0.1) is 0 Å². The van der Waals surface area contributed by atoms with Crippen molar-refractivity contribution in [1.29, 1.82) is 0 Å². The van der Waals surface area contributed by atoms with Gasteiger partial charge in [0.15, 0.2) is 0 Å². The van der Waals surface area contributed by atoms with Crippen LogP contribution in [-0.2, 0) is 16.1 Å². The second-order valence-electron chi connectivity index (χ2n) is 7.67. The van der Waals surface area contributed by atoms with Gasteiger partial charge >= 0.3 is 0 Å². The van der Waals surface area contributed by atoms with Crippen molar-refractivity contribution in [2.45, 2.75) is 31.5 Å². The van der Waals surface area contributed by atoms with Gasteiger partial charge in [-0.3, -0.25) is 9.59 Å².